The molecular formula is C12H16FN3O2S. The van der Waals surface area contributed by atoms with Gasteiger partial charge in [0.15, 0.2) is 0 Å². The van der Waals surface area contributed by atoms with Crippen molar-refractivity contribution in [2.45, 2.75) is 6.42 Å². The van der Waals surface area contributed by atoms with Crippen molar-refractivity contribution < 1.29 is 12.8 Å². The fourth-order valence-corrected chi connectivity index (χ4v) is 2.42. The molecule has 2 rings (SSSR count). The molecule has 19 heavy (non-hydrogen) atoms. The first kappa shape index (κ1) is 14.0. The third-order valence-electron chi connectivity index (χ3n) is 2.89. The van der Waals surface area contributed by atoms with Gasteiger partial charge in [0.05, 0.1) is 0 Å². The van der Waals surface area contributed by atoms with Gasteiger partial charge in [-0.2, -0.15) is 12.7 Å². The first-order valence-electron chi connectivity index (χ1n) is 5.83. The highest BCUT2D eigenvalue weighted by Crippen LogP contribution is 2.19. The van der Waals surface area contributed by atoms with Gasteiger partial charge in [-0.15, -0.1) is 0 Å². The van der Waals surface area contributed by atoms with Crippen molar-refractivity contribution in [3.63, 3.8) is 0 Å². The monoisotopic (exact) mass is 285 g/mol. The quantitative estimate of drug-likeness (QED) is 0.868. The lowest BCUT2D eigenvalue weighted by Crippen LogP contribution is -2.36. The average Bonchev–Trinajstić information content (AvgIpc) is 2.71. The second kappa shape index (κ2) is 5.28. The lowest BCUT2D eigenvalue weighted by atomic mass is 10.1. The van der Waals surface area contributed by atoms with Gasteiger partial charge in [-0.1, -0.05) is 0 Å². The topological polar surface area (TPSA) is 65.2 Å². The van der Waals surface area contributed by atoms with Crippen molar-refractivity contribution in [1.82, 2.24) is 14.0 Å². The number of H-pyrrole nitrogens is 1. The van der Waals surface area contributed by atoms with E-state index in [9.17, 15) is 12.8 Å². The number of nitrogens with one attached hydrogen (secondary N) is 2. The lowest BCUT2D eigenvalue weighted by molar-refractivity contribution is 0.506. The predicted molar refractivity (Wildman–Crippen MR) is 72.6 cm³/mol. The molecule has 7 heteroatoms. The van der Waals surface area contributed by atoms with Crippen molar-refractivity contribution in [3.05, 3.63) is 35.8 Å². The van der Waals surface area contributed by atoms with Crippen molar-refractivity contribution >= 4 is 21.1 Å². The van der Waals surface area contributed by atoms with Crippen molar-refractivity contribution in [2.24, 2.45) is 0 Å². The first-order valence-corrected chi connectivity index (χ1v) is 7.27. The lowest BCUT2D eigenvalue weighted by Gasteiger charge is -2.11. The van der Waals surface area contributed by atoms with E-state index in [1.54, 1.807) is 12.3 Å². The zero-order valence-corrected chi connectivity index (χ0v) is 11.6. The van der Waals surface area contributed by atoms with Crippen LogP contribution in [-0.2, 0) is 16.6 Å². The van der Waals surface area contributed by atoms with Crippen LogP contribution >= 0.6 is 0 Å². The summed E-state index contributed by atoms with van der Waals surface area (Å²) < 4.78 is 39.8. The standard InChI is InChI=1S/C12H16FN3O2S/c1-16(2)19(17,18)15-6-5-9-8-14-12-4-3-10(13)7-11(9)12/h3-4,7-8,14-15H,5-6H2,1-2H3. The first-order chi connectivity index (χ1) is 8.90. The van der Waals surface area contributed by atoms with Gasteiger partial charge in [0.1, 0.15) is 5.82 Å². The van der Waals surface area contributed by atoms with Crippen molar-refractivity contribution in [1.29, 1.82) is 0 Å². The normalized spacial score (nSPS) is 12.4. The second-order valence-corrected chi connectivity index (χ2v) is 6.40. The van der Waals surface area contributed by atoms with E-state index in [2.05, 4.69) is 9.71 Å². The molecule has 0 saturated carbocycles. The molecular weight excluding hydrogens is 269 g/mol. The fourth-order valence-electron chi connectivity index (χ4n) is 1.80. The van der Waals surface area contributed by atoms with E-state index in [-0.39, 0.29) is 12.4 Å². The van der Waals surface area contributed by atoms with E-state index < -0.39 is 10.2 Å². The third-order valence-corrected chi connectivity index (χ3v) is 4.42. The Bertz CT molecular complexity index is 679. The summed E-state index contributed by atoms with van der Waals surface area (Å²) in [6.07, 6.45) is 2.27. The summed E-state index contributed by atoms with van der Waals surface area (Å²) in [5.74, 6) is -0.303. The van der Waals surface area contributed by atoms with Crippen LogP contribution in [0, 0.1) is 5.82 Å². The maximum absolute atomic E-state index is 13.2. The van der Waals surface area contributed by atoms with Crippen LogP contribution in [-0.4, -0.2) is 38.3 Å². The van der Waals surface area contributed by atoms with Gasteiger partial charge in [-0.25, -0.2) is 9.11 Å². The molecule has 0 spiro atoms. The highest BCUT2D eigenvalue weighted by Gasteiger charge is 2.12. The van der Waals surface area contributed by atoms with Crippen LogP contribution in [0.15, 0.2) is 24.4 Å². The summed E-state index contributed by atoms with van der Waals surface area (Å²) in [6, 6.07) is 4.50. The van der Waals surface area contributed by atoms with Crippen LogP contribution < -0.4 is 4.72 Å². The maximum Gasteiger partial charge on any atom is 0.278 e. The van der Waals surface area contributed by atoms with Crippen molar-refractivity contribution in [2.75, 3.05) is 20.6 Å². The summed E-state index contributed by atoms with van der Waals surface area (Å²) >= 11 is 0. The molecule has 1 aromatic carbocycles. The maximum atomic E-state index is 13.2. The van der Waals surface area contributed by atoms with Crippen LogP contribution in [0.3, 0.4) is 0 Å². The summed E-state index contributed by atoms with van der Waals surface area (Å²) in [5, 5.41) is 0.782. The minimum absolute atomic E-state index is 0.268. The van der Waals surface area contributed by atoms with Crippen LogP contribution in [0.25, 0.3) is 10.9 Å². The molecule has 0 atom stereocenters. The number of fused-ring (bicyclic) bond motifs is 1. The Morgan fingerprint density at radius 3 is 2.79 bits per heavy atom. The van der Waals surface area contributed by atoms with Gasteiger partial charge in [0, 0.05) is 37.7 Å². The van der Waals surface area contributed by atoms with Crippen molar-refractivity contribution in [3.8, 4) is 0 Å². The fraction of sp³-hybridized carbons (Fsp3) is 0.333. The molecule has 0 bridgehead atoms. The summed E-state index contributed by atoms with van der Waals surface area (Å²) in [7, 11) is -0.490. The largest absolute Gasteiger partial charge is 0.361 e. The number of hydrogen-bond donors (Lipinski definition) is 2. The molecule has 0 unspecified atom stereocenters. The van der Waals surface area contributed by atoms with E-state index in [0.717, 1.165) is 20.8 Å². The smallest absolute Gasteiger partial charge is 0.278 e. The molecule has 0 amide bonds. The third kappa shape index (κ3) is 3.12. The predicted octanol–water partition coefficient (Wildman–Crippen LogP) is 1.25. The molecule has 2 N–H and O–H groups in total. The van der Waals surface area contributed by atoms with Crippen LogP contribution in [0.2, 0.25) is 0 Å². The summed E-state index contributed by atoms with van der Waals surface area (Å²) in [4.78, 5) is 3.03. The number of hydrogen-bond acceptors (Lipinski definition) is 2. The van der Waals surface area contributed by atoms with Gasteiger partial charge < -0.3 is 4.98 Å². The Balaban J connectivity index is 2.09. The zero-order valence-electron chi connectivity index (χ0n) is 10.8. The number of benzene rings is 1. The van der Waals surface area contributed by atoms with E-state index in [1.807, 2.05) is 0 Å². The van der Waals surface area contributed by atoms with Gasteiger partial charge in [-0.05, 0) is 30.2 Å². The number of aromatic amines is 1. The highest BCUT2D eigenvalue weighted by atomic mass is 32.2. The Labute approximate surface area is 111 Å². The van der Waals surface area contributed by atoms with Gasteiger partial charge in [0.25, 0.3) is 10.2 Å². The van der Waals surface area contributed by atoms with Gasteiger partial charge in [0.2, 0.25) is 0 Å². The highest BCUT2D eigenvalue weighted by molar-refractivity contribution is 7.87. The average molecular weight is 285 g/mol. The molecule has 5 nitrogen and oxygen atoms in total. The molecule has 1 heterocycles. The van der Waals surface area contributed by atoms with Crippen LogP contribution in [0.4, 0.5) is 4.39 Å². The van der Waals surface area contributed by atoms with Crippen LogP contribution in [0.1, 0.15) is 5.56 Å². The summed E-state index contributed by atoms with van der Waals surface area (Å²) in [5.41, 5.74) is 1.72. The molecule has 0 radical (unpaired) electrons. The number of aromatic nitrogens is 1. The minimum Gasteiger partial charge on any atom is -0.361 e. The second-order valence-electron chi connectivity index (χ2n) is 4.44. The molecule has 0 aliphatic heterocycles. The SMILES string of the molecule is CN(C)S(=O)(=O)NCCc1c[nH]c2ccc(F)cc12. The number of rotatable bonds is 5. The van der Waals surface area contributed by atoms with E-state index in [1.165, 1.54) is 26.2 Å². The molecule has 0 aliphatic rings. The molecule has 2 aromatic rings. The Kier molecular flexibility index (Phi) is 3.88. The minimum atomic E-state index is -3.41. The van der Waals surface area contributed by atoms with Gasteiger partial charge >= 0.3 is 0 Å². The molecule has 1 aromatic heterocycles. The van der Waals surface area contributed by atoms with E-state index >= 15 is 0 Å². The Morgan fingerprint density at radius 2 is 2.11 bits per heavy atom. The van der Waals surface area contributed by atoms with E-state index in [4.69, 9.17) is 0 Å². The van der Waals surface area contributed by atoms with Crippen LogP contribution in [0.5, 0.6) is 0 Å². The van der Waals surface area contributed by atoms with E-state index in [0.29, 0.717) is 6.42 Å². The molecule has 0 fully saturated rings. The summed E-state index contributed by atoms with van der Waals surface area (Å²) in [6.45, 7) is 0.268. The number of halogens is 1. The molecule has 104 valence electrons. The Hall–Kier alpha value is -1.44. The molecule has 0 aliphatic carbocycles. The Morgan fingerprint density at radius 1 is 1.37 bits per heavy atom. The van der Waals surface area contributed by atoms with Gasteiger partial charge in [-0.3, -0.25) is 0 Å². The number of nitrogens with zero attached hydrogens (tertiary/aromatic N) is 1. The molecule has 0 saturated heterocycles. The zero-order chi connectivity index (χ0) is 14.0.